The van der Waals surface area contributed by atoms with Crippen LogP contribution in [0.4, 0.5) is 11.4 Å². The summed E-state index contributed by atoms with van der Waals surface area (Å²) in [6.07, 6.45) is 16.2. The molecule has 9 nitrogen and oxygen atoms in total. The number of amides is 2. The SMILES string of the molecule is CC/C(=C(/C)C(=O)Nc1cc(NC(=O)CN2CCC3(CCC3)CC2)cnc1C)[N+]1=C(C)C=C(NC2COC2)C=CC1CC. The van der Waals surface area contributed by atoms with Crippen LogP contribution in [0.25, 0.3) is 0 Å². The molecule has 1 spiro atoms. The van der Waals surface area contributed by atoms with Crippen LogP contribution in [0.2, 0.25) is 0 Å². The fraction of sp³-hybridized carbons (Fsp3) is 0.588. The Labute approximate surface area is 256 Å². The van der Waals surface area contributed by atoms with Crippen LogP contribution in [0.5, 0.6) is 0 Å². The van der Waals surface area contributed by atoms with Crippen molar-refractivity contribution in [2.45, 2.75) is 91.6 Å². The molecule has 1 aromatic heterocycles. The Kier molecular flexibility index (Phi) is 9.82. The molecule has 43 heavy (non-hydrogen) atoms. The van der Waals surface area contributed by atoms with Gasteiger partial charge >= 0.3 is 0 Å². The summed E-state index contributed by atoms with van der Waals surface area (Å²) in [6, 6.07) is 2.28. The summed E-state index contributed by atoms with van der Waals surface area (Å²) in [7, 11) is 0. The Morgan fingerprint density at radius 2 is 1.86 bits per heavy atom. The lowest BCUT2D eigenvalue weighted by Crippen LogP contribution is -2.45. The molecular formula is C34H49N6O3+. The number of piperidine rings is 1. The third-order valence-corrected chi connectivity index (χ3v) is 9.72. The van der Waals surface area contributed by atoms with E-state index in [0.717, 1.165) is 49.8 Å². The molecular weight excluding hydrogens is 540 g/mol. The third kappa shape index (κ3) is 7.27. The quantitative estimate of drug-likeness (QED) is 0.265. The zero-order valence-electron chi connectivity index (χ0n) is 26.6. The predicted octanol–water partition coefficient (Wildman–Crippen LogP) is 4.91. The molecule has 1 aromatic rings. The van der Waals surface area contributed by atoms with Crippen molar-refractivity contribution in [2.75, 3.05) is 43.5 Å². The Morgan fingerprint density at radius 3 is 2.47 bits per heavy atom. The molecule has 3 N–H and O–H groups in total. The first kappa shape index (κ1) is 31.1. The van der Waals surface area contributed by atoms with Crippen LogP contribution in [-0.4, -0.2) is 76.9 Å². The Hall–Kier alpha value is -3.30. The molecule has 0 bridgehead atoms. The lowest BCUT2D eigenvalue weighted by Gasteiger charge is -2.47. The van der Waals surface area contributed by atoms with Crippen molar-refractivity contribution in [1.29, 1.82) is 0 Å². The second-order valence-corrected chi connectivity index (χ2v) is 12.7. The molecule has 0 aromatic carbocycles. The lowest BCUT2D eigenvalue weighted by atomic mass is 9.63. The number of pyridine rings is 1. The van der Waals surface area contributed by atoms with Gasteiger partial charge in [0.2, 0.25) is 5.91 Å². The standard InChI is InChI=1S/C34H48N6O3/c1-6-29-10-9-26(36-28-21-43-22-28)17-23(3)40(29)31(7-2)24(4)33(42)38-30-18-27(19-35-25(30)5)37-32(41)20-39-15-13-34(14-16-39)11-8-12-34/h9-10,17-19,28-29H,6-8,11-16,20-22H2,1-5H3,(H2,37,38,41,42)/p+1/b31-24+. The van der Waals surface area contributed by atoms with E-state index in [4.69, 9.17) is 4.74 Å². The highest BCUT2D eigenvalue weighted by atomic mass is 16.5. The van der Waals surface area contributed by atoms with Crippen molar-refractivity contribution in [2.24, 2.45) is 5.41 Å². The molecule has 0 radical (unpaired) electrons. The second kappa shape index (κ2) is 13.6. The number of aromatic nitrogens is 1. The minimum Gasteiger partial charge on any atom is -0.377 e. The van der Waals surface area contributed by atoms with E-state index in [1.807, 2.05) is 19.9 Å². The minimum absolute atomic E-state index is 0.0468. The molecule has 1 atom stereocenters. The largest absolute Gasteiger partial charge is 0.377 e. The molecule has 9 heteroatoms. The van der Waals surface area contributed by atoms with Crippen LogP contribution in [-0.2, 0) is 14.3 Å². The highest BCUT2D eigenvalue weighted by molar-refractivity contribution is 6.04. The second-order valence-electron chi connectivity index (χ2n) is 12.7. The smallest absolute Gasteiger partial charge is 0.257 e. The van der Waals surface area contributed by atoms with Crippen molar-refractivity contribution in [1.82, 2.24) is 15.2 Å². The molecule has 2 amide bonds. The summed E-state index contributed by atoms with van der Waals surface area (Å²) in [5, 5.41) is 9.63. The van der Waals surface area contributed by atoms with Gasteiger partial charge in [-0.2, -0.15) is 4.58 Å². The van der Waals surface area contributed by atoms with E-state index in [1.54, 1.807) is 6.20 Å². The molecule has 1 aliphatic carbocycles. The van der Waals surface area contributed by atoms with E-state index in [0.29, 0.717) is 47.1 Å². The van der Waals surface area contributed by atoms with Crippen LogP contribution in [0, 0.1) is 12.3 Å². The van der Waals surface area contributed by atoms with Gasteiger partial charge in [-0.15, -0.1) is 0 Å². The third-order valence-electron chi connectivity index (χ3n) is 9.72. The van der Waals surface area contributed by atoms with E-state index >= 15 is 0 Å². The van der Waals surface area contributed by atoms with Crippen LogP contribution in [0.1, 0.15) is 78.3 Å². The van der Waals surface area contributed by atoms with Gasteiger partial charge in [0.05, 0.1) is 54.6 Å². The number of allylic oxidation sites excluding steroid dienone is 3. The van der Waals surface area contributed by atoms with Gasteiger partial charge in [0, 0.05) is 31.5 Å². The van der Waals surface area contributed by atoms with Crippen LogP contribution >= 0.6 is 0 Å². The number of anilines is 2. The number of hydrogen-bond acceptors (Lipinski definition) is 6. The zero-order valence-corrected chi connectivity index (χ0v) is 26.6. The summed E-state index contributed by atoms with van der Waals surface area (Å²) in [6.45, 7) is 13.9. The maximum Gasteiger partial charge on any atom is 0.257 e. The van der Waals surface area contributed by atoms with Gasteiger partial charge in [0.15, 0.2) is 17.5 Å². The molecule has 3 fully saturated rings. The molecule has 4 aliphatic rings. The van der Waals surface area contributed by atoms with E-state index in [1.165, 1.54) is 32.1 Å². The van der Waals surface area contributed by atoms with Gasteiger partial charge in [0.1, 0.15) is 0 Å². The van der Waals surface area contributed by atoms with Crippen LogP contribution in [0.15, 0.2) is 47.5 Å². The van der Waals surface area contributed by atoms with Crippen molar-refractivity contribution >= 4 is 28.9 Å². The molecule has 232 valence electrons. The van der Waals surface area contributed by atoms with Crippen molar-refractivity contribution in [3.05, 3.63) is 53.2 Å². The first-order valence-electron chi connectivity index (χ1n) is 16.1. The molecule has 4 heterocycles. The Bertz CT molecular complexity index is 1340. The molecule has 2 saturated heterocycles. The number of nitrogens with one attached hydrogen (secondary N) is 3. The predicted molar refractivity (Wildman–Crippen MR) is 171 cm³/mol. The fourth-order valence-corrected chi connectivity index (χ4v) is 6.74. The van der Waals surface area contributed by atoms with Gasteiger partial charge in [-0.25, -0.2) is 0 Å². The highest BCUT2D eigenvalue weighted by Gasteiger charge is 2.39. The van der Waals surface area contributed by atoms with Gasteiger partial charge in [-0.05, 0) is 76.3 Å². The Balaban J connectivity index is 1.27. The topological polar surface area (TPSA) is 98.6 Å². The number of likely N-dealkylation sites (tertiary alicyclic amines) is 1. The zero-order chi connectivity index (χ0) is 30.6. The van der Waals surface area contributed by atoms with Crippen molar-refractivity contribution in [3.8, 4) is 0 Å². The summed E-state index contributed by atoms with van der Waals surface area (Å²) in [4.78, 5) is 33.2. The normalized spacial score (nSPS) is 22.6. The molecule has 5 rings (SSSR count). The van der Waals surface area contributed by atoms with Crippen LogP contribution in [0.3, 0.4) is 0 Å². The molecule has 3 aliphatic heterocycles. The first-order chi connectivity index (χ1) is 20.7. The van der Waals surface area contributed by atoms with E-state index in [2.05, 4.69) is 69.4 Å². The summed E-state index contributed by atoms with van der Waals surface area (Å²) in [5.41, 5.74) is 6.24. The maximum atomic E-state index is 13.6. The summed E-state index contributed by atoms with van der Waals surface area (Å²) < 4.78 is 7.61. The maximum absolute atomic E-state index is 13.6. The average molecular weight is 590 g/mol. The number of rotatable bonds is 10. The van der Waals surface area contributed by atoms with Gasteiger partial charge in [0.25, 0.3) is 5.91 Å². The van der Waals surface area contributed by atoms with Gasteiger partial charge in [-0.3, -0.25) is 19.5 Å². The summed E-state index contributed by atoms with van der Waals surface area (Å²) >= 11 is 0. The number of carbonyl (C=O) groups is 2. The van der Waals surface area contributed by atoms with Gasteiger partial charge in [-0.1, -0.05) is 20.3 Å². The number of ether oxygens (including phenoxy) is 1. The molecule has 1 saturated carbocycles. The first-order valence-corrected chi connectivity index (χ1v) is 16.1. The number of hydrogen-bond donors (Lipinski definition) is 3. The number of carbonyl (C=O) groups excluding carboxylic acids is 2. The fourth-order valence-electron chi connectivity index (χ4n) is 6.74. The number of aryl methyl sites for hydroxylation is 1. The number of nitrogens with zero attached hydrogens (tertiary/aromatic N) is 3. The van der Waals surface area contributed by atoms with Crippen molar-refractivity contribution < 1.29 is 18.9 Å². The molecule has 1 unspecified atom stereocenters. The van der Waals surface area contributed by atoms with E-state index in [-0.39, 0.29) is 17.9 Å². The average Bonchev–Trinajstić information content (AvgIpc) is 3.10. The summed E-state index contributed by atoms with van der Waals surface area (Å²) in [5.74, 6) is -0.220. The Morgan fingerprint density at radius 1 is 1.12 bits per heavy atom. The van der Waals surface area contributed by atoms with Crippen molar-refractivity contribution in [3.63, 3.8) is 0 Å². The van der Waals surface area contributed by atoms with Gasteiger partial charge < -0.3 is 20.7 Å². The minimum atomic E-state index is -0.173. The van der Waals surface area contributed by atoms with E-state index < -0.39 is 0 Å². The lowest BCUT2D eigenvalue weighted by molar-refractivity contribution is -0.509. The van der Waals surface area contributed by atoms with E-state index in [9.17, 15) is 9.59 Å². The van der Waals surface area contributed by atoms with Crippen LogP contribution < -0.4 is 16.0 Å². The monoisotopic (exact) mass is 589 g/mol. The highest BCUT2D eigenvalue weighted by Crippen LogP contribution is 2.48.